The van der Waals surface area contributed by atoms with Crippen molar-refractivity contribution in [2.45, 2.75) is 63.5 Å². The number of ether oxygens (including phenoxy) is 4. The van der Waals surface area contributed by atoms with Crippen molar-refractivity contribution in [3.8, 4) is 0 Å². The summed E-state index contributed by atoms with van der Waals surface area (Å²) in [5.41, 5.74) is 3.26. The van der Waals surface area contributed by atoms with E-state index in [9.17, 15) is 0 Å². The second-order valence-electron chi connectivity index (χ2n) is 8.45. The highest BCUT2D eigenvalue weighted by atomic mass is 32.2. The van der Waals surface area contributed by atoms with E-state index in [2.05, 4.69) is 50.2 Å². The van der Waals surface area contributed by atoms with Crippen molar-refractivity contribution < 1.29 is 18.9 Å². The predicted molar refractivity (Wildman–Crippen MR) is 138 cm³/mol. The first kappa shape index (κ1) is 25.0. The van der Waals surface area contributed by atoms with Gasteiger partial charge in [0.2, 0.25) is 0 Å². The average molecular weight is 479 g/mol. The molecular weight excluding hydrogens is 444 g/mol. The van der Waals surface area contributed by atoms with E-state index < -0.39 is 0 Å². The van der Waals surface area contributed by atoms with E-state index in [4.69, 9.17) is 18.9 Å². The standard InChI is InChI=1S/C29H34O4S/c1-3-34-29-28(32-21-25-17-11-6-12-18-25)27(31-20-24-15-9-5-10-16-24)26(22(2)33-29)30-19-23-13-7-4-8-14-23/h4-18,22,26-29H,3,19-21H2,1-2H3/t22-,26-,27+,28-,29+/m1/s1. The zero-order valence-electron chi connectivity index (χ0n) is 19.9. The van der Waals surface area contributed by atoms with Crippen LogP contribution in [0, 0.1) is 0 Å². The van der Waals surface area contributed by atoms with Crippen LogP contribution in [0.3, 0.4) is 0 Å². The van der Waals surface area contributed by atoms with Gasteiger partial charge in [0.25, 0.3) is 0 Å². The van der Waals surface area contributed by atoms with Crippen LogP contribution in [-0.2, 0) is 38.8 Å². The Balaban J connectivity index is 1.55. The largest absolute Gasteiger partial charge is 0.368 e. The molecule has 4 rings (SSSR count). The molecule has 3 aromatic rings. The molecule has 5 heteroatoms. The summed E-state index contributed by atoms with van der Waals surface area (Å²) in [6.07, 6.45) is -0.894. The molecule has 1 aliphatic heterocycles. The highest BCUT2D eigenvalue weighted by Crippen LogP contribution is 2.34. The average Bonchev–Trinajstić information content (AvgIpc) is 2.88. The molecule has 0 saturated carbocycles. The first-order chi connectivity index (χ1) is 16.7. The molecule has 1 aliphatic rings. The minimum atomic E-state index is -0.263. The zero-order valence-corrected chi connectivity index (χ0v) is 20.7. The molecule has 0 radical (unpaired) electrons. The fourth-order valence-corrected chi connectivity index (χ4v) is 5.17. The molecule has 3 aromatic carbocycles. The molecule has 0 aromatic heterocycles. The van der Waals surface area contributed by atoms with Crippen molar-refractivity contribution in [1.82, 2.24) is 0 Å². The maximum atomic E-state index is 6.57. The van der Waals surface area contributed by atoms with Crippen LogP contribution in [-0.4, -0.2) is 35.6 Å². The van der Waals surface area contributed by atoms with Crippen molar-refractivity contribution in [2.75, 3.05) is 5.75 Å². The van der Waals surface area contributed by atoms with E-state index >= 15 is 0 Å². The number of benzene rings is 3. The molecule has 4 nitrogen and oxygen atoms in total. The van der Waals surface area contributed by atoms with Gasteiger partial charge in [-0.3, -0.25) is 0 Å². The molecule has 0 N–H and O–H groups in total. The van der Waals surface area contributed by atoms with Crippen molar-refractivity contribution in [3.05, 3.63) is 108 Å². The Morgan fingerprint density at radius 2 is 1.03 bits per heavy atom. The van der Waals surface area contributed by atoms with Gasteiger partial charge in [-0.2, -0.15) is 0 Å². The summed E-state index contributed by atoms with van der Waals surface area (Å²) in [6, 6.07) is 30.7. The van der Waals surface area contributed by atoms with E-state index in [1.165, 1.54) is 0 Å². The Morgan fingerprint density at radius 1 is 0.618 bits per heavy atom. The lowest BCUT2D eigenvalue weighted by atomic mass is 9.99. The van der Waals surface area contributed by atoms with Gasteiger partial charge in [0.05, 0.1) is 25.9 Å². The number of rotatable bonds is 11. The second-order valence-corrected chi connectivity index (χ2v) is 9.82. The Bertz CT molecular complexity index is 954. The lowest BCUT2D eigenvalue weighted by Crippen LogP contribution is -2.58. The van der Waals surface area contributed by atoms with Gasteiger partial charge in [0, 0.05) is 0 Å². The third-order valence-electron chi connectivity index (χ3n) is 5.91. The molecule has 1 fully saturated rings. The SMILES string of the molecule is CCS[C@@H]1O[C@H](C)[C@@H](OCc2ccccc2)[C@H](OCc2ccccc2)[C@H]1OCc1ccccc1. The molecule has 0 spiro atoms. The van der Waals surface area contributed by atoms with Crippen molar-refractivity contribution in [2.24, 2.45) is 0 Å². The summed E-state index contributed by atoms with van der Waals surface area (Å²) in [5.74, 6) is 0.934. The van der Waals surface area contributed by atoms with Gasteiger partial charge in [0.15, 0.2) is 0 Å². The normalized spacial score (nSPS) is 24.7. The third kappa shape index (κ3) is 6.94. The van der Waals surface area contributed by atoms with Gasteiger partial charge in [-0.15, -0.1) is 11.8 Å². The van der Waals surface area contributed by atoms with Crippen LogP contribution >= 0.6 is 11.8 Å². The summed E-state index contributed by atoms with van der Waals surface area (Å²) < 4.78 is 26.0. The molecule has 1 saturated heterocycles. The summed E-state index contributed by atoms with van der Waals surface area (Å²) in [7, 11) is 0. The fourth-order valence-electron chi connectivity index (χ4n) is 4.17. The van der Waals surface area contributed by atoms with Crippen molar-refractivity contribution in [1.29, 1.82) is 0 Å². The maximum absolute atomic E-state index is 6.57. The monoisotopic (exact) mass is 478 g/mol. The summed E-state index contributed by atoms with van der Waals surface area (Å²) in [5, 5.41) is 0. The fraction of sp³-hybridized carbons (Fsp3) is 0.379. The molecule has 5 atom stereocenters. The van der Waals surface area contributed by atoms with Crippen LogP contribution in [0.4, 0.5) is 0 Å². The van der Waals surface area contributed by atoms with Crippen molar-refractivity contribution >= 4 is 11.8 Å². The van der Waals surface area contributed by atoms with Crippen LogP contribution in [0.2, 0.25) is 0 Å². The molecule has 34 heavy (non-hydrogen) atoms. The topological polar surface area (TPSA) is 36.9 Å². The van der Waals surface area contributed by atoms with Crippen LogP contribution in [0.25, 0.3) is 0 Å². The van der Waals surface area contributed by atoms with E-state index in [-0.39, 0.29) is 29.9 Å². The number of hydrogen-bond acceptors (Lipinski definition) is 5. The minimum Gasteiger partial charge on any atom is -0.368 e. The Labute approximate surface area is 207 Å². The van der Waals surface area contributed by atoms with E-state index in [1.807, 2.05) is 54.6 Å². The molecule has 0 aliphatic carbocycles. The first-order valence-corrected chi connectivity index (χ1v) is 13.0. The van der Waals surface area contributed by atoms with E-state index in [1.54, 1.807) is 11.8 Å². The minimum absolute atomic E-state index is 0.120. The quantitative estimate of drug-likeness (QED) is 0.326. The summed E-state index contributed by atoms with van der Waals surface area (Å²) >= 11 is 1.76. The number of thioether (sulfide) groups is 1. The van der Waals surface area contributed by atoms with Gasteiger partial charge in [0.1, 0.15) is 23.7 Å². The molecular formula is C29H34O4S. The Kier molecular flexibility index (Phi) is 9.60. The van der Waals surface area contributed by atoms with E-state index in [0.717, 1.165) is 22.4 Å². The van der Waals surface area contributed by atoms with Crippen LogP contribution in [0.1, 0.15) is 30.5 Å². The van der Waals surface area contributed by atoms with Crippen LogP contribution < -0.4 is 0 Å². The van der Waals surface area contributed by atoms with Crippen LogP contribution in [0.15, 0.2) is 91.0 Å². The predicted octanol–water partition coefficient (Wildman–Crippen LogP) is 6.24. The highest BCUT2D eigenvalue weighted by molar-refractivity contribution is 7.99. The van der Waals surface area contributed by atoms with Gasteiger partial charge in [-0.25, -0.2) is 0 Å². The van der Waals surface area contributed by atoms with Gasteiger partial charge in [-0.1, -0.05) is 97.9 Å². The first-order valence-electron chi connectivity index (χ1n) is 12.0. The smallest absolute Gasteiger partial charge is 0.132 e. The van der Waals surface area contributed by atoms with Gasteiger partial charge < -0.3 is 18.9 Å². The summed E-state index contributed by atoms with van der Waals surface area (Å²) in [6.45, 7) is 5.72. The lowest BCUT2D eigenvalue weighted by molar-refractivity contribution is -0.242. The van der Waals surface area contributed by atoms with Crippen LogP contribution in [0.5, 0.6) is 0 Å². The van der Waals surface area contributed by atoms with Gasteiger partial charge in [-0.05, 0) is 29.4 Å². The molecule has 0 unspecified atom stereocenters. The summed E-state index contributed by atoms with van der Waals surface area (Å²) in [4.78, 5) is 0. The third-order valence-corrected chi connectivity index (χ3v) is 6.96. The van der Waals surface area contributed by atoms with Gasteiger partial charge >= 0.3 is 0 Å². The van der Waals surface area contributed by atoms with E-state index in [0.29, 0.717) is 19.8 Å². The molecule has 0 bridgehead atoms. The van der Waals surface area contributed by atoms with Crippen molar-refractivity contribution in [3.63, 3.8) is 0 Å². The Morgan fingerprint density at radius 3 is 1.47 bits per heavy atom. The lowest BCUT2D eigenvalue weighted by Gasteiger charge is -2.45. The second kappa shape index (κ2) is 13.1. The zero-order chi connectivity index (χ0) is 23.6. The Hall–Kier alpha value is -2.15. The molecule has 180 valence electrons. The maximum Gasteiger partial charge on any atom is 0.132 e. The molecule has 1 heterocycles. The highest BCUT2D eigenvalue weighted by Gasteiger charge is 2.46. The number of hydrogen-bond donors (Lipinski definition) is 0. The molecule has 0 amide bonds.